The topological polar surface area (TPSA) is 53.4 Å². The van der Waals surface area contributed by atoms with Crippen LogP contribution in [0.15, 0.2) is 24.3 Å². The zero-order chi connectivity index (χ0) is 17.5. The van der Waals surface area contributed by atoms with Crippen LogP contribution in [0.3, 0.4) is 0 Å². The van der Waals surface area contributed by atoms with Crippen LogP contribution in [0.1, 0.15) is 29.8 Å². The van der Waals surface area contributed by atoms with Crippen molar-refractivity contribution < 1.29 is 14.3 Å². The Morgan fingerprint density at radius 1 is 1.21 bits per heavy atom. The number of nitrogens with zero attached hydrogens (tertiary/aromatic N) is 2. The van der Waals surface area contributed by atoms with Gasteiger partial charge in [0, 0.05) is 30.6 Å². The van der Waals surface area contributed by atoms with E-state index in [1.54, 1.807) is 12.1 Å². The number of benzene rings is 1. The van der Waals surface area contributed by atoms with Crippen LogP contribution in [-0.4, -0.2) is 29.0 Å². The molecule has 0 fully saturated rings. The predicted molar refractivity (Wildman–Crippen MR) is 93.5 cm³/mol. The minimum Gasteiger partial charge on any atom is -0.493 e. The summed E-state index contributed by atoms with van der Waals surface area (Å²) in [5.41, 5.74) is 3.19. The number of carbonyl (C=O) groups is 1. The Hall–Kier alpha value is -2.01. The first kappa shape index (κ1) is 18.3. The van der Waals surface area contributed by atoms with Crippen molar-refractivity contribution in [1.29, 1.82) is 0 Å². The van der Waals surface area contributed by atoms with Crippen molar-refractivity contribution in [2.24, 2.45) is 7.05 Å². The standard InChI is InChI=1S/C18H23ClN2O3/c1-13-17(14(2)21(3)20-13)9-10-18(22)24-12-4-11-23-16-7-5-15(19)6-8-16/h5-8H,4,9-12H2,1-3H3. The Morgan fingerprint density at radius 3 is 2.54 bits per heavy atom. The molecule has 0 N–H and O–H groups in total. The molecule has 6 heteroatoms. The number of rotatable bonds is 8. The largest absolute Gasteiger partial charge is 0.493 e. The number of carbonyl (C=O) groups excluding carboxylic acids is 1. The van der Waals surface area contributed by atoms with E-state index in [4.69, 9.17) is 21.1 Å². The molecule has 0 bridgehead atoms. The van der Waals surface area contributed by atoms with Crippen LogP contribution in [0.4, 0.5) is 0 Å². The Morgan fingerprint density at radius 2 is 1.92 bits per heavy atom. The van der Waals surface area contributed by atoms with E-state index < -0.39 is 0 Å². The van der Waals surface area contributed by atoms with E-state index in [2.05, 4.69) is 5.10 Å². The van der Waals surface area contributed by atoms with Gasteiger partial charge in [-0.15, -0.1) is 0 Å². The van der Waals surface area contributed by atoms with Crippen molar-refractivity contribution in [2.45, 2.75) is 33.1 Å². The summed E-state index contributed by atoms with van der Waals surface area (Å²) in [4.78, 5) is 11.8. The summed E-state index contributed by atoms with van der Waals surface area (Å²) in [5.74, 6) is 0.567. The molecule has 0 unspecified atom stereocenters. The van der Waals surface area contributed by atoms with Crippen LogP contribution in [0.2, 0.25) is 5.02 Å². The second-order valence-corrected chi connectivity index (χ2v) is 6.09. The zero-order valence-corrected chi connectivity index (χ0v) is 15.1. The van der Waals surface area contributed by atoms with Crippen molar-refractivity contribution in [3.05, 3.63) is 46.2 Å². The van der Waals surface area contributed by atoms with Crippen LogP contribution in [0, 0.1) is 13.8 Å². The molecule has 0 aliphatic rings. The fourth-order valence-corrected chi connectivity index (χ4v) is 2.57. The van der Waals surface area contributed by atoms with E-state index in [0.717, 1.165) is 22.7 Å². The van der Waals surface area contributed by atoms with Crippen molar-refractivity contribution in [3.63, 3.8) is 0 Å². The number of aromatic nitrogens is 2. The molecule has 0 radical (unpaired) electrons. The smallest absolute Gasteiger partial charge is 0.306 e. The summed E-state index contributed by atoms with van der Waals surface area (Å²) in [6.07, 6.45) is 1.68. The number of hydrogen-bond donors (Lipinski definition) is 0. The molecule has 1 aromatic heterocycles. The number of aryl methyl sites for hydroxylation is 2. The van der Waals surface area contributed by atoms with Gasteiger partial charge in [0.05, 0.1) is 18.9 Å². The van der Waals surface area contributed by atoms with E-state index >= 15 is 0 Å². The maximum absolute atomic E-state index is 11.8. The molecule has 0 amide bonds. The normalized spacial score (nSPS) is 10.7. The van der Waals surface area contributed by atoms with Gasteiger partial charge >= 0.3 is 5.97 Å². The van der Waals surface area contributed by atoms with Gasteiger partial charge in [-0.05, 0) is 50.1 Å². The Bertz CT molecular complexity index is 680. The third-order valence-electron chi connectivity index (χ3n) is 3.87. The van der Waals surface area contributed by atoms with Crippen LogP contribution < -0.4 is 4.74 Å². The summed E-state index contributed by atoms with van der Waals surface area (Å²) in [6, 6.07) is 7.18. The van der Waals surface area contributed by atoms with E-state index in [1.165, 1.54) is 0 Å². The molecule has 2 aromatic rings. The lowest BCUT2D eigenvalue weighted by Gasteiger charge is -2.07. The number of esters is 1. The molecule has 0 saturated carbocycles. The molecule has 0 aliphatic carbocycles. The van der Waals surface area contributed by atoms with Gasteiger partial charge in [-0.3, -0.25) is 9.48 Å². The average molecular weight is 351 g/mol. The van der Waals surface area contributed by atoms with Gasteiger partial charge in [-0.25, -0.2) is 0 Å². The van der Waals surface area contributed by atoms with Gasteiger partial charge in [-0.2, -0.15) is 5.10 Å². The molecule has 1 heterocycles. The summed E-state index contributed by atoms with van der Waals surface area (Å²) in [6.45, 7) is 4.82. The highest BCUT2D eigenvalue weighted by Gasteiger charge is 2.11. The Balaban J connectivity index is 1.62. The summed E-state index contributed by atoms with van der Waals surface area (Å²) in [7, 11) is 1.91. The highest BCUT2D eigenvalue weighted by atomic mass is 35.5. The molecule has 0 aliphatic heterocycles. The highest BCUT2D eigenvalue weighted by molar-refractivity contribution is 6.30. The molecule has 5 nitrogen and oxygen atoms in total. The van der Waals surface area contributed by atoms with Gasteiger partial charge in [0.25, 0.3) is 0 Å². The fourth-order valence-electron chi connectivity index (χ4n) is 2.44. The van der Waals surface area contributed by atoms with Crippen molar-refractivity contribution in [3.8, 4) is 5.75 Å². The van der Waals surface area contributed by atoms with Crippen LogP contribution in [0.5, 0.6) is 5.75 Å². The lowest BCUT2D eigenvalue weighted by Crippen LogP contribution is -2.10. The maximum Gasteiger partial charge on any atom is 0.306 e. The third-order valence-corrected chi connectivity index (χ3v) is 4.12. The van der Waals surface area contributed by atoms with Gasteiger partial charge in [0.2, 0.25) is 0 Å². The number of ether oxygens (including phenoxy) is 2. The van der Waals surface area contributed by atoms with Gasteiger partial charge in [0.1, 0.15) is 5.75 Å². The first-order valence-corrected chi connectivity index (χ1v) is 8.38. The van der Waals surface area contributed by atoms with E-state index in [-0.39, 0.29) is 5.97 Å². The van der Waals surface area contributed by atoms with E-state index in [0.29, 0.717) is 37.5 Å². The molecule has 1 aromatic carbocycles. The maximum atomic E-state index is 11.8. The predicted octanol–water partition coefficient (Wildman–Crippen LogP) is 3.64. The first-order valence-electron chi connectivity index (χ1n) is 8.00. The Labute approximate surface area is 147 Å². The molecule has 0 spiro atoms. The molecule has 24 heavy (non-hydrogen) atoms. The minimum atomic E-state index is -0.191. The van der Waals surface area contributed by atoms with Crippen LogP contribution in [-0.2, 0) is 23.0 Å². The Kier molecular flexibility index (Phi) is 6.67. The molecule has 130 valence electrons. The zero-order valence-electron chi connectivity index (χ0n) is 14.3. The molecule has 2 rings (SSSR count). The van der Waals surface area contributed by atoms with Gasteiger partial charge in [0.15, 0.2) is 0 Å². The lowest BCUT2D eigenvalue weighted by atomic mass is 10.1. The molecular formula is C18H23ClN2O3. The summed E-state index contributed by atoms with van der Waals surface area (Å²) >= 11 is 5.81. The quantitative estimate of drug-likeness (QED) is 0.539. The van der Waals surface area contributed by atoms with Crippen LogP contribution in [0.25, 0.3) is 0 Å². The van der Waals surface area contributed by atoms with Crippen molar-refractivity contribution in [1.82, 2.24) is 9.78 Å². The van der Waals surface area contributed by atoms with Crippen molar-refractivity contribution >= 4 is 17.6 Å². The van der Waals surface area contributed by atoms with E-state index in [9.17, 15) is 4.79 Å². The van der Waals surface area contributed by atoms with Gasteiger partial charge in [-0.1, -0.05) is 11.6 Å². The second-order valence-electron chi connectivity index (χ2n) is 5.65. The third kappa shape index (κ3) is 5.27. The van der Waals surface area contributed by atoms with Gasteiger partial charge < -0.3 is 9.47 Å². The van der Waals surface area contributed by atoms with E-state index in [1.807, 2.05) is 37.7 Å². The summed E-state index contributed by atoms with van der Waals surface area (Å²) < 4.78 is 12.6. The highest BCUT2D eigenvalue weighted by Crippen LogP contribution is 2.16. The average Bonchev–Trinajstić information content (AvgIpc) is 2.79. The van der Waals surface area contributed by atoms with Crippen molar-refractivity contribution in [2.75, 3.05) is 13.2 Å². The monoisotopic (exact) mass is 350 g/mol. The first-order chi connectivity index (χ1) is 11.5. The minimum absolute atomic E-state index is 0.191. The fraction of sp³-hybridized carbons (Fsp3) is 0.444. The second kappa shape index (κ2) is 8.73. The number of halogens is 1. The molecular weight excluding hydrogens is 328 g/mol. The molecule has 0 atom stereocenters. The SMILES string of the molecule is Cc1nn(C)c(C)c1CCC(=O)OCCCOc1ccc(Cl)cc1. The summed E-state index contributed by atoms with van der Waals surface area (Å²) in [5, 5.41) is 5.03. The lowest BCUT2D eigenvalue weighted by molar-refractivity contribution is -0.143. The molecule has 0 saturated heterocycles. The number of hydrogen-bond acceptors (Lipinski definition) is 4. The van der Waals surface area contributed by atoms with Crippen LogP contribution >= 0.6 is 11.6 Å².